The van der Waals surface area contributed by atoms with Crippen molar-refractivity contribution in [3.63, 3.8) is 0 Å². The second-order valence-electron chi connectivity index (χ2n) is 8.14. The largest absolute Gasteiger partial charge is 0.327 e. The molecule has 0 spiro atoms. The lowest BCUT2D eigenvalue weighted by Gasteiger charge is -2.29. The molecule has 0 aliphatic rings. The molecule has 0 atom stereocenters. The van der Waals surface area contributed by atoms with Crippen LogP contribution in [-0.4, -0.2) is 51.4 Å². The number of nitrogens with one attached hydrogen (secondary N) is 1. The van der Waals surface area contributed by atoms with Crippen molar-refractivity contribution >= 4 is 31.5 Å². The fourth-order valence-electron chi connectivity index (χ4n) is 3.55. The lowest BCUT2D eigenvalue weighted by atomic mass is 10.2. The molecule has 34 heavy (non-hydrogen) atoms. The van der Waals surface area contributed by atoms with Crippen LogP contribution in [0.5, 0.6) is 0 Å². The van der Waals surface area contributed by atoms with E-state index >= 15 is 0 Å². The number of hydrogen-bond acceptors (Lipinski definition) is 6. The summed E-state index contributed by atoms with van der Waals surface area (Å²) in [7, 11) is -7.89. The van der Waals surface area contributed by atoms with Crippen LogP contribution in [0.25, 0.3) is 0 Å². The second kappa shape index (κ2) is 11.2. The highest BCUT2D eigenvalue weighted by atomic mass is 32.2. The maximum absolute atomic E-state index is 13.8. The Morgan fingerprint density at radius 2 is 1.56 bits per heavy atom. The molecule has 2 rings (SSSR count). The van der Waals surface area contributed by atoms with E-state index in [0.717, 1.165) is 6.08 Å². The molecule has 11 heteroatoms. The zero-order valence-corrected chi connectivity index (χ0v) is 21.2. The van der Waals surface area contributed by atoms with E-state index in [0.29, 0.717) is 0 Å². The summed E-state index contributed by atoms with van der Waals surface area (Å²) in [6.45, 7) is 7.00. The molecular weight excluding hydrogens is 481 g/mol. The van der Waals surface area contributed by atoms with E-state index in [4.69, 9.17) is 5.73 Å². The van der Waals surface area contributed by atoms with Crippen LogP contribution in [0, 0.1) is 0 Å². The van der Waals surface area contributed by atoms with Crippen LogP contribution < -0.4 is 11.1 Å². The highest BCUT2D eigenvalue weighted by Gasteiger charge is 2.29. The first-order chi connectivity index (χ1) is 15.8. The fourth-order valence-corrected chi connectivity index (χ4v) is 6.80. The van der Waals surface area contributed by atoms with Gasteiger partial charge in [-0.15, -0.1) is 0 Å². The average molecular weight is 512 g/mol. The molecule has 0 unspecified atom stereocenters. The van der Waals surface area contributed by atoms with Gasteiger partial charge in [0.1, 0.15) is 11.6 Å². The van der Waals surface area contributed by atoms with Crippen LogP contribution >= 0.6 is 0 Å². The van der Waals surface area contributed by atoms with Crippen molar-refractivity contribution in [2.45, 2.75) is 49.6 Å². The van der Waals surface area contributed by atoms with Crippen molar-refractivity contribution in [1.29, 1.82) is 0 Å². The number of carbonyl (C=O) groups is 1. The number of rotatable bonds is 10. The molecule has 0 aliphatic carbocycles. The Balaban J connectivity index is 2.31. The summed E-state index contributed by atoms with van der Waals surface area (Å²) in [5.74, 6) is -2.56. The monoisotopic (exact) mass is 511 g/mol. The lowest BCUT2D eigenvalue weighted by molar-refractivity contribution is 0.102. The Kier molecular flexibility index (Phi) is 9.12. The number of sulfonamides is 1. The molecule has 2 aromatic carbocycles. The Bertz CT molecular complexity index is 1250. The highest BCUT2D eigenvalue weighted by Crippen LogP contribution is 2.24. The first-order valence-corrected chi connectivity index (χ1v) is 13.7. The second-order valence-corrected chi connectivity index (χ2v) is 11.9. The maximum atomic E-state index is 13.8. The van der Waals surface area contributed by atoms with Crippen molar-refractivity contribution < 1.29 is 26.0 Å². The number of nitrogens with zero attached hydrogens (tertiary/aromatic N) is 1. The number of anilines is 1. The number of hydrogen-bond donors (Lipinski definition) is 2. The maximum Gasteiger partial charge on any atom is 0.256 e. The number of halogens is 1. The van der Waals surface area contributed by atoms with Gasteiger partial charge in [-0.1, -0.05) is 12.1 Å². The van der Waals surface area contributed by atoms with Gasteiger partial charge in [-0.2, -0.15) is 4.31 Å². The molecule has 0 aliphatic heterocycles. The molecule has 2 aromatic rings. The van der Waals surface area contributed by atoms with Gasteiger partial charge in [-0.25, -0.2) is 21.2 Å². The minimum atomic E-state index is -4.15. The standard InChI is InChI=1S/C23H30FN3O5S2/c1-16(2)27(17(3)4)34(31,32)20-11-9-19(10-12-20)26-23(28)21-7-5-6-8-22(21)33(29,30)15-18(24)13-14-25/h5-13,16-17H,14-15,25H2,1-4H3,(H,26,28). The van der Waals surface area contributed by atoms with Crippen LogP contribution in [0.3, 0.4) is 0 Å². The van der Waals surface area contributed by atoms with Crippen molar-refractivity contribution in [2.75, 3.05) is 17.6 Å². The Morgan fingerprint density at radius 3 is 2.09 bits per heavy atom. The summed E-state index contributed by atoms with van der Waals surface area (Å²) in [6, 6.07) is 10.6. The predicted molar refractivity (Wildman–Crippen MR) is 130 cm³/mol. The third kappa shape index (κ3) is 6.50. The molecule has 0 radical (unpaired) electrons. The van der Waals surface area contributed by atoms with E-state index in [9.17, 15) is 26.0 Å². The van der Waals surface area contributed by atoms with E-state index in [2.05, 4.69) is 5.32 Å². The van der Waals surface area contributed by atoms with Crippen molar-refractivity contribution in [2.24, 2.45) is 5.73 Å². The van der Waals surface area contributed by atoms with Crippen LogP contribution in [-0.2, 0) is 19.9 Å². The molecule has 0 aromatic heterocycles. The number of sulfone groups is 1. The molecule has 0 fully saturated rings. The number of benzene rings is 2. The summed E-state index contributed by atoms with van der Waals surface area (Å²) in [5, 5.41) is 2.56. The van der Waals surface area contributed by atoms with E-state index < -0.39 is 37.3 Å². The molecule has 3 N–H and O–H groups in total. The van der Waals surface area contributed by atoms with Gasteiger partial charge in [0.15, 0.2) is 9.84 Å². The zero-order valence-electron chi connectivity index (χ0n) is 19.5. The summed E-state index contributed by atoms with van der Waals surface area (Å²) < 4.78 is 66.5. The number of carbonyl (C=O) groups excluding carboxylic acids is 1. The van der Waals surface area contributed by atoms with Gasteiger partial charge in [0.05, 0.1) is 15.4 Å². The third-order valence-electron chi connectivity index (χ3n) is 4.84. The first-order valence-electron chi connectivity index (χ1n) is 10.6. The minimum Gasteiger partial charge on any atom is -0.327 e. The Labute approximate surface area is 200 Å². The van der Waals surface area contributed by atoms with Crippen LogP contribution in [0.2, 0.25) is 0 Å². The predicted octanol–water partition coefficient (Wildman–Crippen LogP) is 3.33. The van der Waals surface area contributed by atoms with E-state index in [1.807, 2.05) is 0 Å². The van der Waals surface area contributed by atoms with E-state index in [-0.39, 0.29) is 39.7 Å². The van der Waals surface area contributed by atoms with Gasteiger partial charge >= 0.3 is 0 Å². The van der Waals surface area contributed by atoms with Crippen LogP contribution in [0.15, 0.2) is 70.2 Å². The van der Waals surface area contributed by atoms with Gasteiger partial charge in [0, 0.05) is 24.3 Å². The lowest BCUT2D eigenvalue weighted by Crippen LogP contribution is -2.41. The highest BCUT2D eigenvalue weighted by molar-refractivity contribution is 7.91. The van der Waals surface area contributed by atoms with Crippen molar-refractivity contribution in [3.8, 4) is 0 Å². The van der Waals surface area contributed by atoms with Crippen LogP contribution in [0.1, 0.15) is 38.1 Å². The molecule has 0 bridgehead atoms. The third-order valence-corrected chi connectivity index (χ3v) is 8.79. The van der Waals surface area contributed by atoms with Gasteiger partial charge in [-0.3, -0.25) is 4.79 Å². The fraction of sp³-hybridized carbons (Fsp3) is 0.348. The zero-order chi connectivity index (χ0) is 25.7. The van der Waals surface area contributed by atoms with Gasteiger partial charge < -0.3 is 11.1 Å². The molecule has 8 nitrogen and oxygen atoms in total. The van der Waals surface area contributed by atoms with Gasteiger partial charge in [-0.05, 0) is 70.2 Å². The quantitative estimate of drug-likeness (QED) is 0.504. The summed E-state index contributed by atoms with van der Waals surface area (Å²) in [4.78, 5) is 12.6. The average Bonchev–Trinajstić information content (AvgIpc) is 2.73. The van der Waals surface area contributed by atoms with Crippen molar-refractivity contribution in [1.82, 2.24) is 4.31 Å². The molecule has 0 saturated heterocycles. The normalized spacial score (nSPS) is 13.0. The smallest absolute Gasteiger partial charge is 0.256 e. The number of nitrogens with two attached hydrogens (primary N) is 1. The topological polar surface area (TPSA) is 127 Å². The van der Waals surface area contributed by atoms with E-state index in [1.165, 1.54) is 52.8 Å². The van der Waals surface area contributed by atoms with Gasteiger partial charge in [0.25, 0.3) is 5.91 Å². The van der Waals surface area contributed by atoms with Crippen LogP contribution in [0.4, 0.5) is 10.1 Å². The Hall–Kier alpha value is -2.60. The molecule has 1 amide bonds. The van der Waals surface area contributed by atoms with Crippen molar-refractivity contribution in [3.05, 3.63) is 66.0 Å². The minimum absolute atomic E-state index is 0.0676. The number of amides is 1. The van der Waals surface area contributed by atoms with Gasteiger partial charge in [0.2, 0.25) is 10.0 Å². The summed E-state index contributed by atoms with van der Waals surface area (Å²) >= 11 is 0. The molecule has 186 valence electrons. The van der Waals surface area contributed by atoms with E-state index in [1.54, 1.807) is 27.7 Å². The summed E-state index contributed by atoms with van der Waals surface area (Å²) in [5.41, 5.74) is 5.33. The molecule has 0 saturated carbocycles. The Morgan fingerprint density at radius 1 is 1.00 bits per heavy atom. The summed E-state index contributed by atoms with van der Waals surface area (Å²) in [6.07, 6.45) is 0.954. The molecular formula is C23H30FN3O5S2. The molecule has 0 heterocycles. The first kappa shape index (κ1) is 27.6. The SMILES string of the molecule is CC(C)N(C(C)C)S(=O)(=O)c1ccc(NC(=O)c2ccccc2S(=O)(=O)CC(F)=CCN)cc1.